The first-order valence-corrected chi connectivity index (χ1v) is 9.33. The Morgan fingerprint density at radius 1 is 1.38 bits per heavy atom. The van der Waals surface area contributed by atoms with Gasteiger partial charge in [0, 0.05) is 16.5 Å². The molecule has 7 heteroatoms. The van der Waals surface area contributed by atoms with Crippen LogP contribution < -0.4 is 15.9 Å². The van der Waals surface area contributed by atoms with Crippen molar-refractivity contribution in [3.05, 3.63) is 69.9 Å². The maximum atomic E-state index is 12.7. The van der Waals surface area contributed by atoms with Crippen LogP contribution in [0, 0.1) is 0 Å². The molecule has 1 N–H and O–H groups in total. The Morgan fingerprint density at radius 3 is 3.04 bits per heavy atom. The third-order valence-electron chi connectivity index (χ3n) is 3.69. The number of hydrogen-bond donors (Lipinski definition) is 1. The van der Waals surface area contributed by atoms with E-state index in [0.29, 0.717) is 16.6 Å². The Morgan fingerprint density at radius 2 is 2.25 bits per heavy atom. The predicted octanol–water partition coefficient (Wildman–Crippen LogP) is 1.81. The second-order valence-electron chi connectivity index (χ2n) is 5.23. The van der Waals surface area contributed by atoms with Gasteiger partial charge in [0.05, 0.1) is 5.36 Å². The van der Waals surface area contributed by atoms with E-state index in [1.807, 2.05) is 41.1 Å². The molecule has 0 spiro atoms. The lowest BCUT2D eigenvalue weighted by molar-refractivity contribution is -0.116. The number of thiophene rings is 1. The van der Waals surface area contributed by atoms with Gasteiger partial charge in [-0.25, -0.2) is 5.01 Å². The highest BCUT2D eigenvalue weighted by Gasteiger charge is 2.34. The first-order valence-electron chi connectivity index (χ1n) is 7.40. The molecule has 0 unspecified atom stereocenters. The number of benzene rings is 1. The maximum absolute atomic E-state index is 12.7. The van der Waals surface area contributed by atoms with Gasteiger partial charge in [-0.1, -0.05) is 36.0 Å². The number of amides is 1. The van der Waals surface area contributed by atoms with Gasteiger partial charge in [0.1, 0.15) is 5.70 Å². The molecule has 1 aromatic heterocycles. The Labute approximate surface area is 147 Å². The van der Waals surface area contributed by atoms with Gasteiger partial charge in [-0.3, -0.25) is 15.1 Å². The van der Waals surface area contributed by atoms with Gasteiger partial charge >= 0.3 is 0 Å². The summed E-state index contributed by atoms with van der Waals surface area (Å²) in [6.45, 7) is 3.71. The highest BCUT2D eigenvalue weighted by atomic mass is 32.2. The molecule has 2 aliphatic heterocycles. The van der Waals surface area contributed by atoms with Crippen molar-refractivity contribution in [3.63, 3.8) is 0 Å². The van der Waals surface area contributed by atoms with E-state index in [4.69, 9.17) is 4.99 Å². The van der Waals surface area contributed by atoms with Crippen LogP contribution in [0.15, 0.2) is 63.8 Å². The van der Waals surface area contributed by atoms with E-state index in [9.17, 15) is 4.79 Å². The number of carbonyl (C=O) groups is 1. The lowest BCUT2D eigenvalue weighted by Gasteiger charge is -2.33. The number of nitrogens with one attached hydrogen (secondary N) is 1. The number of hydrogen-bond acceptors (Lipinski definition) is 6. The maximum Gasteiger partial charge on any atom is 0.276 e. The lowest BCUT2D eigenvalue weighted by Crippen LogP contribution is -2.50. The van der Waals surface area contributed by atoms with Crippen LogP contribution in [0.3, 0.4) is 0 Å². The molecule has 3 heterocycles. The van der Waals surface area contributed by atoms with Crippen molar-refractivity contribution in [1.29, 1.82) is 0 Å². The molecule has 24 heavy (non-hydrogen) atoms. The molecule has 1 amide bonds. The molecule has 0 aliphatic carbocycles. The average Bonchev–Trinajstić information content (AvgIpc) is 3.13. The molecule has 1 aromatic carbocycles. The highest BCUT2D eigenvalue weighted by molar-refractivity contribution is 8.14. The van der Waals surface area contributed by atoms with Crippen LogP contribution in [0.5, 0.6) is 0 Å². The number of amidine groups is 1. The number of hydrazone groups is 1. The summed E-state index contributed by atoms with van der Waals surface area (Å²) in [4.78, 5) is 17.5. The minimum Gasteiger partial charge on any atom is -0.298 e. The summed E-state index contributed by atoms with van der Waals surface area (Å²) in [7, 11) is 0. The smallest absolute Gasteiger partial charge is 0.276 e. The molecule has 0 saturated carbocycles. The monoisotopic (exact) mass is 354 g/mol. The van der Waals surface area contributed by atoms with Crippen molar-refractivity contribution in [2.75, 3.05) is 5.75 Å². The molecule has 120 valence electrons. The van der Waals surface area contributed by atoms with E-state index in [0.717, 1.165) is 16.1 Å². The van der Waals surface area contributed by atoms with Gasteiger partial charge in [0.15, 0.2) is 11.3 Å². The summed E-state index contributed by atoms with van der Waals surface area (Å²) < 4.78 is 0. The zero-order chi connectivity index (χ0) is 16.5. The first-order chi connectivity index (χ1) is 11.8. The Bertz CT molecular complexity index is 949. The standard InChI is InChI=1S/C17H14N4OS2/c1-2-8-24-17-19-16(22)14-12-5-3-4-6-13(12)18-15(21(14)20-17)11-7-9-23-10-11/h2-7,9-10,15H,1,8H2,(H,19,20,22)/t15-/m0/s1. The quantitative estimate of drug-likeness (QED) is 0.856. The number of carbonyl (C=O) groups excluding carboxylic acids is 1. The molecular weight excluding hydrogens is 340 g/mol. The number of thioether (sulfide) groups is 1. The number of fused-ring (bicyclic) bond motifs is 2. The van der Waals surface area contributed by atoms with Crippen LogP contribution in [0.2, 0.25) is 0 Å². The minimum absolute atomic E-state index is 0.154. The SMILES string of the molecule is C=CCSC1=NN2C(=c3ccccc3=N[C@@H]2c2ccsc2)C(=O)N1. The zero-order valence-corrected chi connectivity index (χ0v) is 14.3. The van der Waals surface area contributed by atoms with E-state index in [1.165, 1.54) is 11.8 Å². The summed E-state index contributed by atoms with van der Waals surface area (Å²) in [6, 6.07) is 9.69. The van der Waals surface area contributed by atoms with Crippen molar-refractivity contribution in [2.45, 2.75) is 6.17 Å². The second-order valence-corrected chi connectivity index (χ2v) is 7.02. The summed E-state index contributed by atoms with van der Waals surface area (Å²) >= 11 is 3.05. The van der Waals surface area contributed by atoms with Gasteiger partial charge < -0.3 is 0 Å². The third kappa shape index (κ3) is 2.55. The fraction of sp³-hybridized carbons (Fsp3) is 0.118. The van der Waals surface area contributed by atoms with Gasteiger partial charge in [-0.2, -0.15) is 11.3 Å². The van der Waals surface area contributed by atoms with Crippen molar-refractivity contribution < 1.29 is 4.79 Å². The van der Waals surface area contributed by atoms with E-state index in [-0.39, 0.29) is 12.1 Å². The van der Waals surface area contributed by atoms with E-state index >= 15 is 0 Å². The highest BCUT2D eigenvalue weighted by Crippen LogP contribution is 2.31. The predicted molar refractivity (Wildman–Crippen MR) is 97.8 cm³/mol. The second kappa shape index (κ2) is 6.26. The van der Waals surface area contributed by atoms with Gasteiger partial charge in [-0.15, -0.1) is 11.7 Å². The third-order valence-corrected chi connectivity index (χ3v) is 5.26. The van der Waals surface area contributed by atoms with Crippen LogP contribution in [0.25, 0.3) is 5.70 Å². The molecule has 1 atom stereocenters. The molecule has 0 bridgehead atoms. The summed E-state index contributed by atoms with van der Waals surface area (Å²) in [6.07, 6.45) is 1.46. The zero-order valence-electron chi connectivity index (χ0n) is 12.7. The Balaban J connectivity index is 1.91. The summed E-state index contributed by atoms with van der Waals surface area (Å²) in [5.74, 6) is 0.526. The normalized spacial score (nSPS) is 18.9. The van der Waals surface area contributed by atoms with Crippen molar-refractivity contribution >= 4 is 39.9 Å². The van der Waals surface area contributed by atoms with E-state index < -0.39 is 0 Å². The molecule has 0 radical (unpaired) electrons. The van der Waals surface area contributed by atoms with Crippen LogP contribution >= 0.6 is 23.1 Å². The van der Waals surface area contributed by atoms with Crippen molar-refractivity contribution in [3.8, 4) is 0 Å². The molecular formula is C17H14N4OS2. The van der Waals surface area contributed by atoms with Gasteiger partial charge in [0.25, 0.3) is 5.91 Å². The number of rotatable bonds is 3. The van der Waals surface area contributed by atoms with Crippen LogP contribution in [0.4, 0.5) is 0 Å². The Kier molecular flexibility index (Phi) is 3.95. The minimum atomic E-state index is -0.327. The van der Waals surface area contributed by atoms with Crippen LogP contribution in [0.1, 0.15) is 11.7 Å². The molecule has 4 rings (SSSR count). The van der Waals surface area contributed by atoms with Crippen molar-refractivity contribution in [1.82, 2.24) is 10.3 Å². The largest absolute Gasteiger partial charge is 0.298 e. The van der Waals surface area contributed by atoms with Gasteiger partial charge in [-0.05, 0) is 22.9 Å². The summed E-state index contributed by atoms with van der Waals surface area (Å²) in [5.41, 5.74) is 1.57. The van der Waals surface area contributed by atoms with Crippen LogP contribution in [-0.4, -0.2) is 21.8 Å². The van der Waals surface area contributed by atoms with E-state index in [1.54, 1.807) is 22.4 Å². The molecule has 5 nitrogen and oxygen atoms in total. The van der Waals surface area contributed by atoms with Gasteiger partial charge in [0.2, 0.25) is 0 Å². The van der Waals surface area contributed by atoms with E-state index in [2.05, 4.69) is 17.0 Å². The van der Waals surface area contributed by atoms with Crippen LogP contribution in [-0.2, 0) is 4.79 Å². The molecule has 2 aromatic rings. The fourth-order valence-electron chi connectivity index (χ4n) is 2.67. The molecule has 0 saturated heterocycles. The number of nitrogens with zero attached hydrogens (tertiary/aromatic N) is 3. The number of para-hydroxylation sites is 1. The fourth-order valence-corrected chi connectivity index (χ4v) is 3.93. The lowest BCUT2D eigenvalue weighted by atomic mass is 10.1. The average molecular weight is 354 g/mol. The molecule has 2 aliphatic rings. The molecule has 0 fully saturated rings. The van der Waals surface area contributed by atoms with Crippen molar-refractivity contribution in [2.24, 2.45) is 10.1 Å². The first kappa shape index (κ1) is 15.2. The summed E-state index contributed by atoms with van der Waals surface area (Å²) in [5, 5.41) is 15.5. The Hall–Kier alpha value is -2.38. The topological polar surface area (TPSA) is 57.1 Å².